The molecule has 1 aromatic heterocycles. The van der Waals surface area contributed by atoms with Gasteiger partial charge in [-0.1, -0.05) is 0 Å². The summed E-state index contributed by atoms with van der Waals surface area (Å²) in [5, 5.41) is 9.92. The number of primary amides is 1. The first-order valence-corrected chi connectivity index (χ1v) is 8.89. The van der Waals surface area contributed by atoms with Gasteiger partial charge in [0.25, 0.3) is 0 Å². The molecule has 8 nitrogen and oxygen atoms in total. The predicted octanol–water partition coefficient (Wildman–Crippen LogP) is -0.247. The Morgan fingerprint density at radius 2 is 2.00 bits per heavy atom. The number of piperidine rings is 2. The highest BCUT2D eigenvalue weighted by Gasteiger charge is 2.44. The average molecular weight is 348 g/mol. The number of carbonyl (C=O) groups excluding carboxylic acids is 1. The van der Waals surface area contributed by atoms with Crippen molar-refractivity contribution >= 4 is 17.7 Å². The van der Waals surface area contributed by atoms with E-state index in [1.807, 2.05) is 13.0 Å². The number of aliphatic hydroxyl groups excluding tert-OH is 1. The lowest BCUT2D eigenvalue weighted by atomic mass is 9.64. The van der Waals surface area contributed by atoms with Crippen molar-refractivity contribution in [3.8, 4) is 0 Å². The minimum atomic E-state index is -0.306. The second-order valence-electron chi connectivity index (χ2n) is 7.41. The number of rotatable bonds is 4. The first kappa shape index (κ1) is 17.9. The van der Waals surface area contributed by atoms with E-state index < -0.39 is 0 Å². The lowest BCUT2D eigenvalue weighted by Gasteiger charge is -2.51. The van der Waals surface area contributed by atoms with E-state index >= 15 is 0 Å². The summed E-state index contributed by atoms with van der Waals surface area (Å²) in [6, 6.07) is 1.97. The van der Waals surface area contributed by atoms with Crippen molar-refractivity contribution < 1.29 is 9.90 Å². The van der Waals surface area contributed by atoms with Crippen molar-refractivity contribution in [2.75, 3.05) is 50.0 Å². The second kappa shape index (κ2) is 7.13. The van der Waals surface area contributed by atoms with Crippen molar-refractivity contribution in [3.63, 3.8) is 0 Å². The fraction of sp³-hybridized carbons (Fsp3) is 0.706. The molecular formula is C17H28N6O2. The molecule has 1 aromatic rings. The molecule has 1 amide bonds. The maximum atomic E-state index is 11.2. The number of aryl methyl sites for hydroxylation is 1. The maximum Gasteiger partial charge on any atom is 0.231 e. The maximum absolute atomic E-state index is 11.2. The van der Waals surface area contributed by atoms with Gasteiger partial charge < -0.3 is 21.5 Å². The van der Waals surface area contributed by atoms with Crippen LogP contribution in [0.15, 0.2) is 6.07 Å². The molecule has 8 heteroatoms. The van der Waals surface area contributed by atoms with Crippen molar-refractivity contribution in [3.05, 3.63) is 11.8 Å². The van der Waals surface area contributed by atoms with Gasteiger partial charge in [0, 0.05) is 43.9 Å². The first-order valence-electron chi connectivity index (χ1n) is 8.89. The first-order chi connectivity index (χ1) is 11.9. The van der Waals surface area contributed by atoms with Crippen LogP contribution in [0.4, 0.5) is 11.8 Å². The summed E-state index contributed by atoms with van der Waals surface area (Å²) in [5.41, 5.74) is 12.1. The van der Waals surface area contributed by atoms with Gasteiger partial charge in [0.2, 0.25) is 11.9 Å². The Morgan fingerprint density at radius 3 is 2.60 bits per heavy atom. The highest BCUT2D eigenvalue weighted by molar-refractivity contribution is 5.75. The van der Waals surface area contributed by atoms with Crippen LogP contribution in [0, 0.1) is 18.3 Å². The molecule has 2 saturated heterocycles. The molecule has 2 aliphatic heterocycles. The van der Waals surface area contributed by atoms with E-state index in [0.29, 0.717) is 5.95 Å². The number of hydrogen-bond donors (Lipinski definition) is 3. The van der Waals surface area contributed by atoms with Crippen LogP contribution >= 0.6 is 0 Å². The van der Waals surface area contributed by atoms with E-state index in [9.17, 15) is 9.90 Å². The van der Waals surface area contributed by atoms with Gasteiger partial charge in [-0.05, 0) is 38.1 Å². The Balaban J connectivity index is 1.66. The average Bonchev–Trinajstić information content (AvgIpc) is 2.56. The van der Waals surface area contributed by atoms with Crippen molar-refractivity contribution in [2.45, 2.75) is 26.2 Å². The minimum absolute atomic E-state index is 0.132. The number of nitrogens with zero attached hydrogens (tertiary/aromatic N) is 4. The minimum Gasteiger partial charge on any atom is -0.396 e. The number of amides is 1. The Bertz CT molecular complexity index is 609. The summed E-state index contributed by atoms with van der Waals surface area (Å²) in [4.78, 5) is 24.0. The number of carbonyl (C=O) groups is 1. The lowest BCUT2D eigenvalue weighted by Crippen LogP contribution is -2.54. The molecule has 5 N–H and O–H groups in total. The van der Waals surface area contributed by atoms with Gasteiger partial charge in [0.15, 0.2) is 0 Å². The van der Waals surface area contributed by atoms with E-state index in [1.54, 1.807) is 0 Å². The summed E-state index contributed by atoms with van der Waals surface area (Å²) < 4.78 is 0. The number of aromatic nitrogens is 2. The smallest absolute Gasteiger partial charge is 0.231 e. The fourth-order valence-electron chi connectivity index (χ4n) is 4.37. The Hall–Kier alpha value is -1.93. The zero-order valence-corrected chi connectivity index (χ0v) is 14.8. The molecule has 138 valence electrons. The molecule has 2 aliphatic rings. The Labute approximate surface area is 148 Å². The van der Waals surface area contributed by atoms with Crippen LogP contribution in [-0.2, 0) is 4.79 Å². The van der Waals surface area contributed by atoms with Gasteiger partial charge in [-0.25, -0.2) is 4.98 Å². The number of anilines is 2. The SMILES string of the molecule is Cc1cc(N2CCC3(CCN(CC(N)=O)C[C@@H]3CO)CC2)nc(N)n1. The highest BCUT2D eigenvalue weighted by Crippen LogP contribution is 2.45. The Morgan fingerprint density at radius 1 is 1.32 bits per heavy atom. The van der Waals surface area contributed by atoms with Crippen LogP contribution in [0.5, 0.6) is 0 Å². The zero-order valence-electron chi connectivity index (χ0n) is 14.8. The van der Waals surface area contributed by atoms with Gasteiger partial charge in [0.1, 0.15) is 5.82 Å². The summed E-state index contributed by atoms with van der Waals surface area (Å²) in [6.07, 6.45) is 3.00. The quantitative estimate of drug-likeness (QED) is 0.686. The third-order valence-electron chi connectivity index (χ3n) is 5.81. The van der Waals surface area contributed by atoms with Gasteiger partial charge in [-0.3, -0.25) is 9.69 Å². The third-order valence-corrected chi connectivity index (χ3v) is 5.81. The number of nitrogens with two attached hydrogens (primary N) is 2. The largest absolute Gasteiger partial charge is 0.396 e. The molecule has 0 aliphatic carbocycles. The Kier molecular flexibility index (Phi) is 5.10. The molecule has 0 saturated carbocycles. The monoisotopic (exact) mass is 348 g/mol. The molecular weight excluding hydrogens is 320 g/mol. The molecule has 0 aromatic carbocycles. The zero-order chi connectivity index (χ0) is 18.0. The molecule has 25 heavy (non-hydrogen) atoms. The second-order valence-corrected chi connectivity index (χ2v) is 7.41. The van der Waals surface area contributed by atoms with Gasteiger partial charge >= 0.3 is 0 Å². The summed E-state index contributed by atoms with van der Waals surface area (Å²) in [5.74, 6) is 1.06. The lowest BCUT2D eigenvalue weighted by molar-refractivity contribution is -0.120. The standard InChI is InChI=1S/C17H28N6O2/c1-12-8-15(21-16(19)20-12)23-6-3-17(4-7-23)2-5-22(10-14(18)25)9-13(17)11-24/h8,13,24H,2-7,9-11H2,1H3,(H2,18,25)(H2,19,20,21)/t13-/m1/s1. The highest BCUT2D eigenvalue weighted by atomic mass is 16.3. The number of nitrogen functional groups attached to an aromatic ring is 1. The van der Waals surface area contributed by atoms with Crippen LogP contribution in [0.1, 0.15) is 25.0 Å². The molecule has 3 heterocycles. The predicted molar refractivity (Wildman–Crippen MR) is 95.9 cm³/mol. The van der Waals surface area contributed by atoms with Gasteiger partial charge in [-0.15, -0.1) is 0 Å². The normalized spacial score (nSPS) is 23.8. The third kappa shape index (κ3) is 3.85. The molecule has 1 atom stereocenters. The van der Waals surface area contributed by atoms with Crippen LogP contribution in [0.25, 0.3) is 0 Å². The summed E-state index contributed by atoms with van der Waals surface area (Å²) in [7, 11) is 0. The number of likely N-dealkylation sites (tertiary alicyclic amines) is 1. The van der Waals surface area contributed by atoms with Gasteiger partial charge in [0.05, 0.1) is 6.54 Å². The molecule has 2 fully saturated rings. The summed E-state index contributed by atoms with van der Waals surface area (Å²) >= 11 is 0. The molecule has 3 rings (SSSR count). The van der Waals surface area contributed by atoms with Crippen molar-refractivity contribution in [1.29, 1.82) is 0 Å². The fourth-order valence-corrected chi connectivity index (χ4v) is 4.37. The van der Waals surface area contributed by atoms with Crippen LogP contribution < -0.4 is 16.4 Å². The number of hydrogen-bond acceptors (Lipinski definition) is 7. The molecule has 0 radical (unpaired) electrons. The molecule has 1 spiro atoms. The van der Waals surface area contributed by atoms with E-state index in [0.717, 1.165) is 57.0 Å². The van der Waals surface area contributed by atoms with Gasteiger partial charge in [-0.2, -0.15) is 4.98 Å². The van der Waals surface area contributed by atoms with Crippen LogP contribution in [0.3, 0.4) is 0 Å². The molecule has 0 unspecified atom stereocenters. The van der Waals surface area contributed by atoms with Crippen LogP contribution in [-0.4, -0.2) is 65.2 Å². The molecule has 0 bridgehead atoms. The van der Waals surface area contributed by atoms with E-state index in [4.69, 9.17) is 11.5 Å². The van der Waals surface area contributed by atoms with Crippen molar-refractivity contribution in [1.82, 2.24) is 14.9 Å². The summed E-state index contributed by atoms with van der Waals surface area (Å²) in [6.45, 7) is 5.72. The van der Waals surface area contributed by atoms with Crippen molar-refractivity contribution in [2.24, 2.45) is 17.1 Å². The van der Waals surface area contributed by atoms with E-state index in [2.05, 4.69) is 19.8 Å². The van der Waals surface area contributed by atoms with E-state index in [-0.39, 0.29) is 30.4 Å². The number of aliphatic hydroxyl groups is 1. The van der Waals surface area contributed by atoms with Crippen LogP contribution in [0.2, 0.25) is 0 Å². The topological polar surface area (TPSA) is 122 Å². The van der Waals surface area contributed by atoms with E-state index in [1.165, 1.54) is 0 Å².